The Kier molecular flexibility index (Phi) is 8.40. The second kappa shape index (κ2) is 12.3. The highest BCUT2D eigenvalue weighted by Gasteiger charge is 2.34. The Morgan fingerprint density at radius 2 is 1.90 bits per heavy atom. The Hall–Kier alpha value is -4.24. The predicted molar refractivity (Wildman–Crippen MR) is 149 cm³/mol. The van der Waals surface area contributed by atoms with E-state index in [0.717, 1.165) is 11.1 Å². The van der Waals surface area contributed by atoms with E-state index in [0.29, 0.717) is 41.6 Å². The van der Waals surface area contributed by atoms with Gasteiger partial charge in [0.05, 0.1) is 19.6 Å². The largest absolute Gasteiger partial charge is 0.493 e. The van der Waals surface area contributed by atoms with Gasteiger partial charge in [-0.1, -0.05) is 41.9 Å². The molecule has 2 N–H and O–H groups in total. The summed E-state index contributed by atoms with van der Waals surface area (Å²) < 4.78 is 17.4. The molecule has 0 radical (unpaired) electrons. The molecule has 3 aromatic carbocycles. The van der Waals surface area contributed by atoms with E-state index in [1.54, 1.807) is 23.1 Å². The van der Waals surface area contributed by atoms with Crippen molar-refractivity contribution in [1.29, 1.82) is 0 Å². The molecule has 0 saturated carbocycles. The van der Waals surface area contributed by atoms with E-state index < -0.39 is 6.04 Å². The van der Waals surface area contributed by atoms with Crippen molar-refractivity contribution >= 4 is 29.3 Å². The summed E-state index contributed by atoms with van der Waals surface area (Å²) in [4.78, 5) is 40.7. The number of amides is 3. The third kappa shape index (κ3) is 6.48. The Bertz CT molecular complexity index is 1400. The number of fused-ring (bicyclic) bond motifs is 7. The lowest BCUT2D eigenvalue weighted by Crippen LogP contribution is -2.58. The third-order valence-corrected chi connectivity index (χ3v) is 7.37. The van der Waals surface area contributed by atoms with Gasteiger partial charge in [0, 0.05) is 36.6 Å². The first-order valence-corrected chi connectivity index (χ1v) is 13.4. The summed E-state index contributed by atoms with van der Waals surface area (Å²) in [5.41, 5.74) is 1.97. The summed E-state index contributed by atoms with van der Waals surface area (Å²) in [6.07, 6.45) is 0.316. The highest BCUT2D eigenvalue weighted by atomic mass is 35.5. The van der Waals surface area contributed by atoms with Crippen molar-refractivity contribution in [3.8, 4) is 17.2 Å². The van der Waals surface area contributed by atoms with E-state index in [1.807, 2.05) is 42.5 Å². The van der Waals surface area contributed by atoms with Gasteiger partial charge in [-0.05, 0) is 47.5 Å². The molecule has 0 unspecified atom stereocenters. The van der Waals surface area contributed by atoms with Gasteiger partial charge < -0.3 is 29.7 Å². The van der Waals surface area contributed by atoms with Gasteiger partial charge in [0.2, 0.25) is 5.91 Å². The molecule has 9 nitrogen and oxygen atoms in total. The van der Waals surface area contributed by atoms with E-state index in [9.17, 15) is 14.4 Å². The number of carbonyl (C=O) groups excluding carboxylic acids is 3. The quantitative estimate of drug-likeness (QED) is 0.506. The standard InChI is InChI=1S/C30H30ClN3O6/c1-38-26-11-8-21-14-27(26)39-18-28(35)32-16-19-6-9-22(10-7-19)40-25-12-13-34(17-24(25)33-30(21)37)29(36)15-20-4-2-3-5-23(20)31/h2-11,14,24-25H,12-13,15-18H2,1H3,(H,32,35)(H,33,37)/t24-,25+/m0/s1. The number of nitrogens with zero attached hydrogens (tertiary/aromatic N) is 1. The molecule has 2 atom stereocenters. The molecular weight excluding hydrogens is 534 g/mol. The van der Waals surface area contributed by atoms with E-state index in [2.05, 4.69) is 10.6 Å². The highest BCUT2D eigenvalue weighted by molar-refractivity contribution is 6.31. The minimum absolute atomic E-state index is 0.0779. The Morgan fingerprint density at radius 3 is 2.67 bits per heavy atom. The highest BCUT2D eigenvalue weighted by Crippen LogP contribution is 2.29. The van der Waals surface area contributed by atoms with E-state index in [-0.39, 0.29) is 49.1 Å². The fourth-order valence-electron chi connectivity index (χ4n) is 4.79. The summed E-state index contributed by atoms with van der Waals surface area (Å²) in [5, 5.41) is 6.42. The normalized spacial score (nSPS) is 19.3. The van der Waals surface area contributed by atoms with Gasteiger partial charge in [-0.15, -0.1) is 0 Å². The molecule has 3 heterocycles. The van der Waals surface area contributed by atoms with Crippen molar-refractivity contribution in [3.63, 3.8) is 0 Å². The van der Waals surface area contributed by atoms with Gasteiger partial charge in [0.25, 0.3) is 11.8 Å². The number of halogens is 1. The van der Waals surface area contributed by atoms with E-state index in [4.69, 9.17) is 25.8 Å². The van der Waals surface area contributed by atoms with Gasteiger partial charge in [0.15, 0.2) is 18.1 Å². The van der Waals surface area contributed by atoms with Crippen molar-refractivity contribution in [2.75, 3.05) is 26.8 Å². The van der Waals surface area contributed by atoms with Gasteiger partial charge >= 0.3 is 0 Å². The van der Waals surface area contributed by atoms with Crippen LogP contribution in [-0.4, -0.2) is 61.6 Å². The van der Waals surface area contributed by atoms with Crippen molar-refractivity contribution in [3.05, 3.63) is 88.4 Å². The SMILES string of the molecule is COc1ccc2cc1OCC(=O)NCc1ccc(cc1)O[C@@H]1CCN(C(=O)Cc3ccccc3Cl)C[C@@H]1NC2=O. The predicted octanol–water partition coefficient (Wildman–Crippen LogP) is 3.38. The lowest BCUT2D eigenvalue weighted by atomic mass is 10.00. The monoisotopic (exact) mass is 563 g/mol. The summed E-state index contributed by atoms with van der Waals surface area (Å²) >= 11 is 6.29. The number of hydrogen-bond donors (Lipinski definition) is 2. The Morgan fingerprint density at radius 1 is 1.10 bits per heavy atom. The topological polar surface area (TPSA) is 106 Å². The van der Waals surface area contributed by atoms with Crippen LogP contribution in [0.25, 0.3) is 0 Å². The fourth-order valence-corrected chi connectivity index (χ4v) is 4.99. The lowest BCUT2D eigenvalue weighted by molar-refractivity contribution is -0.133. The molecule has 4 bridgehead atoms. The van der Waals surface area contributed by atoms with E-state index in [1.165, 1.54) is 13.2 Å². The zero-order valence-corrected chi connectivity index (χ0v) is 22.8. The first-order valence-electron chi connectivity index (χ1n) is 13.0. The molecule has 3 aliphatic heterocycles. The van der Waals surface area contributed by atoms with Crippen LogP contribution in [0.15, 0.2) is 66.7 Å². The maximum absolute atomic E-state index is 13.4. The fraction of sp³-hybridized carbons (Fsp3) is 0.300. The molecule has 6 rings (SSSR count). The van der Waals surface area contributed by atoms with Crippen LogP contribution in [0.4, 0.5) is 0 Å². The van der Waals surface area contributed by atoms with Crippen LogP contribution in [0, 0.1) is 0 Å². The molecule has 3 amide bonds. The van der Waals surface area contributed by atoms with Crippen LogP contribution in [0.1, 0.15) is 27.9 Å². The summed E-state index contributed by atoms with van der Waals surface area (Å²) in [6, 6.07) is 19.0. The summed E-state index contributed by atoms with van der Waals surface area (Å²) in [6.45, 7) is 0.838. The van der Waals surface area contributed by atoms with Crippen LogP contribution in [0.3, 0.4) is 0 Å². The molecule has 1 fully saturated rings. The molecule has 0 aromatic heterocycles. The van der Waals surface area contributed by atoms with Gasteiger partial charge in [-0.3, -0.25) is 14.4 Å². The number of likely N-dealkylation sites (tertiary alicyclic amines) is 1. The second-order valence-electron chi connectivity index (χ2n) is 9.71. The number of carbonyl (C=O) groups is 3. The summed E-state index contributed by atoms with van der Waals surface area (Å²) in [7, 11) is 1.49. The van der Waals surface area contributed by atoms with Crippen molar-refractivity contribution in [2.45, 2.75) is 31.5 Å². The maximum atomic E-state index is 13.4. The van der Waals surface area contributed by atoms with Crippen molar-refractivity contribution in [1.82, 2.24) is 15.5 Å². The molecule has 10 heteroatoms. The number of piperidine rings is 1. The smallest absolute Gasteiger partial charge is 0.258 e. The van der Waals surface area contributed by atoms with Crippen LogP contribution >= 0.6 is 11.6 Å². The molecule has 40 heavy (non-hydrogen) atoms. The zero-order chi connectivity index (χ0) is 28.1. The number of hydrogen-bond acceptors (Lipinski definition) is 6. The molecule has 0 spiro atoms. The average Bonchev–Trinajstić information content (AvgIpc) is 2.97. The molecule has 208 valence electrons. The molecule has 1 saturated heterocycles. The Balaban J connectivity index is 1.41. The van der Waals surface area contributed by atoms with Gasteiger partial charge in [0.1, 0.15) is 11.9 Å². The first kappa shape index (κ1) is 27.3. The van der Waals surface area contributed by atoms with Gasteiger partial charge in [-0.2, -0.15) is 0 Å². The third-order valence-electron chi connectivity index (χ3n) is 7.00. The first-order chi connectivity index (χ1) is 19.4. The van der Waals surface area contributed by atoms with Gasteiger partial charge in [-0.25, -0.2) is 0 Å². The molecular formula is C30H30ClN3O6. The van der Waals surface area contributed by atoms with E-state index >= 15 is 0 Å². The zero-order valence-electron chi connectivity index (χ0n) is 22.0. The number of rotatable bonds is 3. The van der Waals surface area contributed by atoms with Crippen molar-refractivity contribution in [2.24, 2.45) is 0 Å². The minimum Gasteiger partial charge on any atom is -0.493 e. The molecule has 3 aliphatic rings. The minimum atomic E-state index is -0.485. The molecule has 0 aliphatic carbocycles. The number of benzene rings is 3. The molecule has 3 aromatic rings. The number of ether oxygens (including phenoxy) is 3. The number of nitrogens with one attached hydrogen (secondary N) is 2. The second-order valence-corrected chi connectivity index (χ2v) is 10.1. The lowest BCUT2D eigenvalue weighted by Gasteiger charge is -2.39. The van der Waals surface area contributed by atoms with Crippen LogP contribution in [0.2, 0.25) is 5.02 Å². The average molecular weight is 564 g/mol. The summed E-state index contributed by atoms with van der Waals surface area (Å²) in [5.74, 6) is 0.546. The van der Waals surface area contributed by atoms with Crippen LogP contribution in [0.5, 0.6) is 17.2 Å². The van der Waals surface area contributed by atoms with Crippen LogP contribution < -0.4 is 24.8 Å². The maximum Gasteiger partial charge on any atom is 0.258 e. The van der Waals surface area contributed by atoms with Crippen molar-refractivity contribution < 1.29 is 28.6 Å². The Labute approximate surface area is 237 Å². The number of methoxy groups -OCH3 is 1. The van der Waals surface area contributed by atoms with Crippen LogP contribution in [-0.2, 0) is 22.6 Å².